The van der Waals surface area contributed by atoms with Crippen LogP contribution < -0.4 is 10.2 Å². The summed E-state index contributed by atoms with van der Waals surface area (Å²) in [6, 6.07) is 0. The topological polar surface area (TPSA) is 61.3 Å². The van der Waals surface area contributed by atoms with E-state index in [0.717, 1.165) is 36.7 Å². The molecule has 18 heavy (non-hydrogen) atoms. The zero-order valence-corrected chi connectivity index (χ0v) is 11.2. The second-order valence-corrected chi connectivity index (χ2v) is 4.89. The Morgan fingerprint density at radius 3 is 3.06 bits per heavy atom. The molecule has 0 spiro atoms. The van der Waals surface area contributed by atoms with E-state index < -0.39 is 0 Å². The lowest BCUT2D eigenvalue weighted by molar-refractivity contribution is 0.244. The Labute approximate surface area is 108 Å². The molecular formula is C13H22N4O. The zero-order chi connectivity index (χ0) is 13.0. The molecule has 0 aromatic carbocycles. The fourth-order valence-corrected chi connectivity index (χ4v) is 2.69. The molecule has 1 fully saturated rings. The van der Waals surface area contributed by atoms with Gasteiger partial charge in [0.15, 0.2) is 0 Å². The van der Waals surface area contributed by atoms with Crippen LogP contribution >= 0.6 is 0 Å². The van der Waals surface area contributed by atoms with Crippen LogP contribution in [-0.4, -0.2) is 41.8 Å². The molecule has 1 atom stereocenters. The first-order valence-electron chi connectivity index (χ1n) is 6.61. The third-order valence-electron chi connectivity index (χ3n) is 3.65. The number of nitrogens with one attached hydrogen (secondary N) is 1. The van der Waals surface area contributed by atoms with Gasteiger partial charge in [0.05, 0.1) is 0 Å². The van der Waals surface area contributed by atoms with Gasteiger partial charge in [-0.2, -0.15) is 0 Å². The molecule has 1 aromatic rings. The molecule has 1 aromatic heterocycles. The fraction of sp³-hybridized carbons (Fsp3) is 0.692. The summed E-state index contributed by atoms with van der Waals surface area (Å²) in [4.78, 5) is 11.0. The summed E-state index contributed by atoms with van der Waals surface area (Å²) in [6.45, 7) is 4.37. The van der Waals surface area contributed by atoms with Gasteiger partial charge < -0.3 is 15.3 Å². The lowest BCUT2D eigenvalue weighted by Gasteiger charge is -2.34. The predicted molar refractivity (Wildman–Crippen MR) is 73.0 cm³/mol. The molecule has 0 bridgehead atoms. The van der Waals surface area contributed by atoms with Crippen LogP contribution in [0.5, 0.6) is 0 Å². The molecule has 1 saturated heterocycles. The summed E-state index contributed by atoms with van der Waals surface area (Å²) < 4.78 is 0. The third-order valence-corrected chi connectivity index (χ3v) is 3.65. The van der Waals surface area contributed by atoms with E-state index in [2.05, 4.69) is 27.1 Å². The number of aliphatic hydroxyl groups excluding tert-OH is 1. The fourth-order valence-electron chi connectivity index (χ4n) is 2.69. The Morgan fingerprint density at radius 1 is 1.50 bits per heavy atom. The van der Waals surface area contributed by atoms with Crippen molar-refractivity contribution in [2.24, 2.45) is 5.92 Å². The van der Waals surface area contributed by atoms with Crippen LogP contribution in [0.4, 0.5) is 11.6 Å². The number of piperidine rings is 1. The Morgan fingerprint density at radius 2 is 2.33 bits per heavy atom. The Balaban J connectivity index is 2.15. The number of hydrogen-bond acceptors (Lipinski definition) is 5. The van der Waals surface area contributed by atoms with Gasteiger partial charge in [-0.05, 0) is 32.1 Å². The first kappa shape index (κ1) is 13.1. The maximum absolute atomic E-state index is 9.06. The Bertz CT molecular complexity index is 395. The van der Waals surface area contributed by atoms with E-state index in [0.29, 0.717) is 5.92 Å². The SMILES string of the molecule is CNc1ncnc(N2CCCC(CCO)C2)c1C. The second-order valence-electron chi connectivity index (χ2n) is 4.89. The molecule has 0 saturated carbocycles. The van der Waals surface area contributed by atoms with Gasteiger partial charge in [0.2, 0.25) is 0 Å². The van der Waals surface area contributed by atoms with Gasteiger partial charge in [0.1, 0.15) is 18.0 Å². The van der Waals surface area contributed by atoms with Gasteiger partial charge in [-0.25, -0.2) is 9.97 Å². The number of anilines is 2. The van der Waals surface area contributed by atoms with Crippen molar-refractivity contribution in [2.75, 3.05) is 37.0 Å². The third kappa shape index (κ3) is 2.72. The highest BCUT2D eigenvalue weighted by Gasteiger charge is 2.22. The van der Waals surface area contributed by atoms with Crippen molar-refractivity contribution in [3.8, 4) is 0 Å². The van der Waals surface area contributed by atoms with Crippen molar-refractivity contribution in [3.63, 3.8) is 0 Å². The quantitative estimate of drug-likeness (QED) is 0.846. The molecule has 5 nitrogen and oxygen atoms in total. The van der Waals surface area contributed by atoms with Crippen LogP contribution in [0.3, 0.4) is 0 Å². The summed E-state index contributed by atoms with van der Waals surface area (Å²) in [7, 11) is 1.88. The van der Waals surface area contributed by atoms with E-state index in [-0.39, 0.29) is 6.61 Å². The highest BCUT2D eigenvalue weighted by Crippen LogP contribution is 2.27. The maximum Gasteiger partial charge on any atom is 0.137 e. The summed E-state index contributed by atoms with van der Waals surface area (Å²) in [5.74, 6) is 2.50. The molecule has 0 amide bonds. The minimum absolute atomic E-state index is 0.281. The summed E-state index contributed by atoms with van der Waals surface area (Å²) >= 11 is 0. The Hall–Kier alpha value is -1.36. The first-order chi connectivity index (χ1) is 8.76. The standard InChI is InChI=1S/C13H22N4O/c1-10-12(14-2)15-9-16-13(10)17-6-3-4-11(8-17)5-7-18/h9,11,18H,3-8H2,1-2H3,(H,14,15,16). The van der Waals surface area contributed by atoms with Crippen LogP contribution in [0.2, 0.25) is 0 Å². The monoisotopic (exact) mass is 250 g/mol. The molecule has 1 aliphatic rings. The van der Waals surface area contributed by atoms with Crippen LogP contribution in [0, 0.1) is 12.8 Å². The zero-order valence-electron chi connectivity index (χ0n) is 11.2. The van der Waals surface area contributed by atoms with E-state index in [1.54, 1.807) is 6.33 Å². The molecule has 1 unspecified atom stereocenters. The van der Waals surface area contributed by atoms with Crippen molar-refractivity contribution in [1.82, 2.24) is 9.97 Å². The lowest BCUT2D eigenvalue weighted by atomic mass is 9.95. The second kappa shape index (κ2) is 6.00. The summed E-state index contributed by atoms with van der Waals surface area (Å²) in [5, 5.41) is 12.2. The van der Waals surface area contributed by atoms with Crippen LogP contribution in [0.15, 0.2) is 6.33 Å². The van der Waals surface area contributed by atoms with Crippen LogP contribution in [0.1, 0.15) is 24.8 Å². The van der Waals surface area contributed by atoms with Gasteiger partial charge in [-0.1, -0.05) is 0 Å². The van der Waals surface area contributed by atoms with Gasteiger partial charge in [0, 0.05) is 32.3 Å². The number of aromatic nitrogens is 2. The minimum atomic E-state index is 0.281. The van der Waals surface area contributed by atoms with Gasteiger partial charge in [-0.3, -0.25) is 0 Å². The van der Waals surface area contributed by atoms with Gasteiger partial charge >= 0.3 is 0 Å². The average molecular weight is 250 g/mol. The van der Waals surface area contributed by atoms with Crippen molar-refractivity contribution in [1.29, 1.82) is 0 Å². The highest BCUT2D eigenvalue weighted by molar-refractivity contribution is 5.57. The van der Waals surface area contributed by atoms with Crippen molar-refractivity contribution in [3.05, 3.63) is 11.9 Å². The van der Waals surface area contributed by atoms with E-state index >= 15 is 0 Å². The normalized spacial score (nSPS) is 19.9. The number of hydrogen-bond donors (Lipinski definition) is 2. The van der Waals surface area contributed by atoms with Crippen LogP contribution in [-0.2, 0) is 0 Å². The predicted octanol–water partition coefficient (Wildman–Crippen LogP) is 1.43. The van der Waals surface area contributed by atoms with Crippen molar-refractivity contribution < 1.29 is 5.11 Å². The van der Waals surface area contributed by atoms with Gasteiger partial charge in [-0.15, -0.1) is 0 Å². The number of nitrogens with zero attached hydrogens (tertiary/aromatic N) is 3. The van der Waals surface area contributed by atoms with E-state index in [9.17, 15) is 0 Å². The maximum atomic E-state index is 9.06. The van der Waals surface area contributed by atoms with E-state index in [1.165, 1.54) is 12.8 Å². The highest BCUT2D eigenvalue weighted by atomic mass is 16.3. The molecule has 0 radical (unpaired) electrons. The number of rotatable bonds is 4. The lowest BCUT2D eigenvalue weighted by Crippen LogP contribution is -2.36. The molecule has 5 heteroatoms. The van der Waals surface area contributed by atoms with Gasteiger partial charge in [0.25, 0.3) is 0 Å². The summed E-state index contributed by atoms with van der Waals surface area (Å²) in [6.07, 6.45) is 4.88. The molecule has 1 aliphatic heterocycles. The minimum Gasteiger partial charge on any atom is -0.396 e. The Kier molecular flexibility index (Phi) is 4.36. The van der Waals surface area contributed by atoms with Crippen molar-refractivity contribution >= 4 is 11.6 Å². The van der Waals surface area contributed by atoms with E-state index in [1.807, 2.05) is 7.05 Å². The van der Waals surface area contributed by atoms with E-state index in [4.69, 9.17) is 5.11 Å². The average Bonchev–Trinajstić information content (AvgIpc) is 2.40. The largest absolute Gasteiger partial charge is 0.396 e. The molecule has 100 valence electrons. The smallest absolute Gasteiger partial charge is 0.137 e. The molecule has 2 rings (SSSR count). The summed E-state index contributed by atoms with van der Waals surface area (Å²) in [5.41, 5.74) is 1.10. The first-order valence-corrected chi connectivity index (χ1v) is 6.61. The molecule has 2 heterocycles. The molecule has 0 aliphatic carbocycles. The molecule has 2 N–H and O–H groups in total. The van der Waals surface area contributed by atoms with Crippen LogP contribution in [0.25, 0.3) is 0 Å². The molecular weight excluding hydrogens is 228 g/mol. The number of aliphatic hydroxyl groups is 1. The van der Waals surface area contributed by atoms with Crippen molar-refractivity contribution in [2.45, 2.75) is 26.2 Å².